The molecule has 0 saturated carbocycles. The van der Waals surface area contributed by atoms with Crippen LogP contribution >= 0.6 is 0 Å². The number of carbonyl (C=O) groups excluding carboxylic acids is 2. The zero-order valence-electron chi connectivity index (χ0n) is 11.4. The summed E-state index contributed by atoms with van der Waals surface area (Å²) in [4.78, 5) is 24.8. The van der Waals surface area contributed by atoms with E-state index in [0.717, 1.165) is 38.9 Å². The van der Waals surface area contributed by atoms with Gasteiger partial charge in [-0.15, -0.1) is 0 Å². The highest BCUT2D eigenvalue weighted by Gasteiger charge is 2.23. The first-order chi connectivity index (χ1) is 8.49. The van der Waals surface area contributed by atoms with Crippen molar-refractivity contribution < 1.29 is 9.59 Å². The van der Waals surface area contributed by atoms with Crippen molar-refractivity contribution in [1.82, 2.24) is 10.2 Å². The van der Waals surface area contributed by atoms with Crippen LogP contribution in [0.2, 0.25) is 0 Å². The van der Waals surface area contributed by atoms with Crippen molar-refractivity contribution in [3.05, 3.63) is 0 Å². The van der Waals surface area contributed by atoms with E-state index in [1.165, 1.54) is 0 Å². The summed E-state index contributed by atoms with van der Waals surface area (Å²) in [5.41, 5.74) is 5.27. The van der Waals surface area contributed by atoms with Gasteiger partial charge in [0.25, 0.3) is 0 Å². The molecule has 1 saturated heterocycles. The number of hydrogen-bond acceptors (Lipinski definition) is 3. The molecule has 5 nitrogen and oxygen atoms in total. The lowest BCUT2D eigenvalue weighted by Gasteiger charge is -2.29. The van der Waals surface area contributed by atoms with E-state index in [4.69, 9.17) is 5.73 Å². The third kappa shape index (κ3) is 5.49. The van der Waals surface area contributed by atoms with E-state index in [1.807, 2.05) is 0 Å². The molecular weight excluding hydrogens is 230 g/mol. The standard InChI is InChI=1S/C13H25N3O2/c1-10(2)3-6-15-12(17)9-16-7-4-11(5-8-16)13(14)18/h10-11H,3-9H2,1-2H3,(H2,14,18)(H,15,17). The molecule has 0 unspecified atom stereocenters. The Hall–Kier alpha value is -1.10. The second kappa shape index (κ2) is 7.36. The van der Waals surface area contributed by atoms with Crippen LogP contribution in [0, 0.1) is 11.8 Å². The summed E-state index contributed by atoms with van der Waals surface area (Å²) in [6, 6.07) is 0. The first-order valence-corrected chi connectivity index (χ1v) is 6.77. The van der Waals surface area contributed by atoms with E-state index in [9.17, 15) is 9.59 Å². The van der Waals surface area contributed by atoms with E-state index in [0.29, 0.717) is 12.5 Å². The van der Waals surface area contributed by atoms with Crippen molar-refractivity contribution in [1.29, 1.82) is 0 Å². The molecule has 0 aromatic rings. The quantitative estimate of drug-likeness (QED) is 0.719. The smallest absolute Gasteiger partial charge is 0.234 e. The number of nitrogens with two attached hydrogens (primary N) is 1. The predicted molar refractivity (Wildman–Crippen MR) is 70.8 cm³/mol. The zero-order chi connectivity index (χ0) is 13.5. The van der Waals surface area contributed by atoms with Crippen molar-refractivity contribution >= 4 is 11.8 Å². The van der Waals surface area contributed by atoms with Crippen LogP contribution in [0.25, 0.3) is 0 Å². The molecule has 0 aromatic carbocycles. The monoisotopic (exact) mass is 255 g/mol. The SMILES string of the molecule is CC(C)CCNC(=O)CN1CCC(C(N)=O)CC1. The second-order valence-electron chi connectivity index (χ2n) is 5.49. The van der Waals surface area contributed by atoms with E-state index < -0.39 is 0 Å². The molecule has 1 heterocycles. The Morgan fingerprint density at radius 1 is 1.33 bits per heavy atom. The van der Waals surface area contributed by atoms with Gasteiger partial charge < -0.3 is 11.1 Å². The topological polar surface area (TPSA) is 75.4 Å². The summed E-state index contributed by atoms with van der Waals surface area (Å²) < 4.78 is 0. The molecule has 1 aliphatic rings. The number of amides is 2. The molecule has 1 fully saturated rings. The summed E-state index contributed by atoms with van der Waals surface area (Å²) in [7, 11) is 0. The molecule has 2 amide bonds. The van der Waals surface area contributed by atoms with Crippen LogP contribution in [0.15, 0.2) is 0 Å². The molecule has 0 radical (unpaired) electrons. The van der Waals surface area contributed by atoms with Crippen molar-refractivity contribution in [3.63, 3.8) is 0 Å². The van der Waals surface area contributed by atoms with E-state index >= 15 is 0 Å². The van der Waals surface area contributed by atoms with Crippen LogP contribution in [0.5, 0.6) is 0 Å². The zero-order valence-corrected chi connectivity index (χ0v) is 11.4. The Kier molecular flexibility index (Phi) is 6.12. The van der Waals surface area contributed by atoms with Gasteiger partial charge in [0.05, 0.1) is 6.54 Å². The van der Waals surface area contributed by atoms with Crippen LogP contribution in [0.3, 0.4) is 0 Å². The first-order valence-electron chi connectivity index (χ1n) is 6.77. The van der Waals surface area contributed by atoms with Gasteiger partial charge in [-0.05, 0) is 38.3 Å². The lowest BCUT2D eigenvalue weighted by atomic mass is 9.96. The Bertz CT molecular complexity index is 284. The maximum Gasteiger partial charge on any atom is 0.234 e. The molecule has 1 rings (SSSR count). The highest BCUT2D eigenvalue weighted by atomic mass is 16.2. The normalized spacial score (nSPS) is 17.9. The van der Waals surface area contributed by atoms with Crippen LogP contribution in [0.1, 0.15) is 33.1 Å². The average molecular weight is 255 g/mol. The van der Waals surface area contributed by atoms with Crippen molar-refractivity contribution in [2.75, 3.05) is 26.2 Å². The summed E-state index contributed by atoms with van der Waals surface area (Å²) in [6.07, 6.45) is 2.55. The fourth-order valence-electron chi connectivity index (χ4n) is 2.13. The highest BCUT2D eigenvalue weighted by Crippen LogP contribution is 2.15. The lowest BCUT2D eigenvalue weighted by molar-refractivity contribution is -0.124. The number of nitrogens with one attached hydrogen (secondary N) is 1. The number of hydrogen-bond donors (Lipinski definition) is 2. The summed E-state index contributed by atoms with van der Waals surface area (Å²) in [5.74, 6) is 0.464. The third-order valence-corrected chi connectivity index (χ3v) is 3.40. The van der Waals surface area contributed by atoms with E-state index in [1.54, 1.807) is 0 Å². The molecule has 1 aliphatic heterocycles. The minimum absolute atomic E-state index is 0.00903. The fourth-order valence-corrected chi connectivity index (χ4v) is 2.13. The van der Waals surface area contributed by atoms with Gasteiger partial charge in [-0.3, -0.25) is 14.5 Å². The van der Waals surface area contributed by atoms with Crippen LogP contribution in [0.4, 0.5) is 0 Å². The molecule has 3 N–H and O–H groups in total. The first kappa shape index (κ1) is 15.0. The molecule has 0 aliphatic carbocycles. The average Bonchev–Trinajstić information content (AvgIpc) is 2.29. The number of carbonyl (C=O) groups is 2. The van der Waals surface area contributed by atoms with Gasteiger partial charge in [0.15, 0.2) is 0 Å². The number of piperidine rings is 1. The minimum Gasteiger partial charge on any atom is -0.369 e. The van der Waals surface area contributed by atoms with Crippen molar-refractivity contribution in [2.24, 2.45) is 17.6 Å². The van der Waals surface area contributed by atoms with Gasteiger partial charge in [-0.25, -0.2) is 0 Å². The Balaban J connectivity index is 2.16. The maximum atomic E-state index is 11.7. The van der Waals surface area contributed by atoms with E-state index in [2.05, 4.69) is 24.1 Å². The Morgan fingerprint density at radius 2 is 1.94 bits per heavy atom. The molecule has 5 heteroatoms. The molecule has 0 aromatic heterocycles. The predicted octanol–water partition coefficient (Wildman–Crippen LogP) is 0.346. The molecule has 18 heavy (non-hydrogen) atoms. The minimum atomic E-state index is -0.212. The molecular formula is C13H25N3O2. The lowest BCUT2D eigenvalue weighted by Crippen LogP contribution is -2.43. The van der Waals surface area contributed by atoms with Crippen LogP contribution in [-0.2, 0) is 9.59 Å². The Morgan fingerprint density at radius 3 is 2.44 bits per heavy atom. The van der Waals surface area contributed by atoms with Crippen LogP contribution < -0.4 is 11.1 Å². The number of likely N-dealkylation sites (tertiary alicyclic amines) is 1. The van der Waals surface area contributed by atoms with Gasteiger partial charge in [0.1, 0.15) is 0 Å². The number of primary amides is 1. The van der Waals surface area contributed by atoms with E-state index in [-0.39, 0.29) is 17.7 Å². The fraction of sp³-hybridized carbons (Fsp3) is 0.846. The van der Waals surface area contributed by atoms with Crippen LogP contribution in [-0.4, -0.2) is 42.9 Å². The molecule has 104 valence electrons. The molecule has 0 bridgehead atoms. The Labute approximate surface area is 109 Å². The van der Waals surface area contributed by atoms with Gasteiger partial charge in [-0.2, -0.15) is 0 Å². The molecule has 0 spiro atoms. The summed E-state index contributed by atoms with van der Waals surface area (Å²) in [6.45, 7) is 7.02. The van der Waals surface area contributed by atoms with Gasteiger partial charge in [0.2, 0.25) is 11.8 Å². The maximum absolute atomic E-state index is 11.7. The number of nitrogens with zero attached hydrogens (tertiary/aromatic N) is 1. The third-order valence-electron chi connectivity index (χ3n) is 3.40. The van der Waals surface area contributed by atoms with Gasteiger partial charge in [0, 0.05) is 12.5 Å². The largest absolute Gasteiger partial charge is 0.369 e. The second-order valence-corrected chi connectivity index (χ2v) is 5.49. The summed E-state index contributed by atoms with van der Waals surface area (Å²) in [5, 5.41) is 2.92. The van der Waals surface area contributed by atoms with Crippen molar-refractivity contribution in [3.8, 4) is 0 Å². The van der Waals surface area contributed by atoms with Crippen molar-refractivity contribution in [2.45, 2.75) is 33.1 Å². The molecule has 0 atom stereocenters. The number of rotatable bonds is 6. The van der Waals surface area contributed by atoms with Gasteiger partial charge >= 0.3 is 0 Å². The summed E-state index contributed by atoms with van der Waals surface area (Å²) >= 11 is 0. The highest BCUT2D eigenvalue weighted by molar-refractivity contribution is 5.78. The van der Waals surface area contributed by atoms with Gasteiger partial charge in [-0.1, -0.05) is 13.8 Å².